The number of amides is 1. The average Bonchev–Trinajstić information content (AvgIpc) is 3.26. The predicted octanol–water partition coefficient (Wildman–Crippen LogP) is 2.73. The Kier molecular flexibility index (Phi) is 5.88. The van der Waals surface area contributed by atoms with Crippen molar-refractivity contribution in [2.45, 2.75) is 38.8 Å². The number of thiophene rings is 1. The zero-order chi connectivity index (χ0) is 18.7. The van der Waals surface area contributed by atoms with Crippen LogP contribution < -0.4 is 10.2 Å². The number of hydrogen-bond acceptors (Lipinski definition) is 6. The Hall–Kier alpha value is -1.99. The molecule has 6 nitrogen and oxygen atoms in total. The van der Waals surface area contributed by atoms with Crippen LogP contribution in [0.1, 0.15) is 47.8 Å². The van der Waals surface area contributed by atoms with E-state index in [0.717, 1.165) is 31.7 Å². The third kappa shape index (κ3) is 4.40. The first kappa shape index (κ1) is 18.8. The Morgan fingerprint density at radius 3 is 2.92 bits per heavy atom. The fourth-order valence-electron chi connectivity index (χ4n) is 3.27. The highest BCUT2D eigenvalue weighted by Gasteiger charge is 2.29. The van der Waals surface area contributed by atoms with Gasteiger partial charge in [-0.3, -0.25) is 9.69 Å². The number of nitrogens with one attached hydrogen (secondary N) is 1. The third-order valence-electron chi connectivity index (χ3n) is 4.52. The molecule has 1 fully saturated rings. The molecule has 26 heavy (non-hydrogen) atoms. The molecule has 3 rings (SSSR count). The van der Waals surface area contributed by atoms with E-state index in [1.807, 2.05) is 32.8 Å². The van der Waals surface area contributed by atoms with Gasteiger partial charge in [-0.1, -0.05) is 0 Å². The predicted molar refractivity (Wildman–Crippen MR) is 106 cm³/mol. The van der Waals surface area contributed by atoms with Gasteiger partial charge in [-0.15, -0.1) is 0 Å². The van der Waals surface area contributed by atoms with E-state index in [4.69, 9.17) is 4.98 Å². The van der Waals surface area contributed by atoms with Gasteiger partial charge in [0, 0.05) is 45.3 Å². The number of carbonyl (C=O) groups excluding carboxylic acids is 1. The molecule has 1 N–H and O–H groups in total. The van der Waals surface area contributed by atoms with Gasteiger partial charge in [-0.25, -0.2) is 9.97 Å². The number of nitrogens with zero attached hydrogens (tertiary/aromatic N) is 4. The van der Waals surface area contributed by atoms with E-state index in [0.29, 0.717) is 11.5 Å². The van der Waals surface area contributed by atoms with E-state index in [2.05, 4.69) is 32.0 Å². The molecule has 1 aliphatic heterocycles. The molecule has 0 bridgehead atoms. The van der Waals surface area contributed by atoms with E-state index in [-0.39, 0.29) is 17.9 Å². The van der Waals surface area contributed by atoms with Crippen LogP contribution in [0.4, 0.5) is 5.95 Å². The van der Waals surface area contributed by atoms with Crippen LogP contribution in [0.25, 0.3) is 0 Å². The van der Waals surface area contributed by atoms with E-state index >= 15 is 0 Å². The van der Waals surface area contributed by atoms with Crippen molar-refractivity contribution in [3.05, 3.63) is 39.8 Å². The highest BCUT2D eigenvalue weighted by atomic mass is 32.1. The minimum absolute atomic E-state index is 0.0857. The molecule has 3 heterocycles. The average molecular weight is 374 g/mol. The zero-order valence-electron chi connectivity index (χ0n) is 15.9. The van der Waals surface area contributed by atoms with Crippen molar-refractivity contribution >= 4 is 23.2 Å². The van der Waals surface area contributed by atoms with Gasteiger partial charge in [0.1, 0.15) is 0 Å². The van der Waals surface area contributed by atoms with Gasteiger partial charge in [-0.2, -0.15) is 11.3 Å². The molecule has 1 saturated heterocycles. The summed E-state index contributed by atoms with van der Waals surface area (Å²) in [6.07, 6.45) is 2.69. The summed E-state index contributed by atoms with van der Waals surface area (Å²) >= 11 is 1.73. The molecule has 1 unspecified atom stereocenters. The Bertz CT molecular complexity index is 744. The maximum absolute atomic E-state index is 12.6. The van der Waals surface area contributed by atoms with Crippen molar-refractivity contribution in [2.24, 2.45) is 0 Å². The molecule has 7 heteroatoms. The van der Waals surface area contributed by atoms with Crippen LogP contribution in [-0.2, 0) is 6.54 Å². The Labute approximate surface area is 159 Å². The first-order chi connectivity index (χ1) is 12.4. The molecule has 0 aromatic carbocycles. The lowest BCUT2D eigenvalue weighted by Gasteiger charge is -2.19. The highest BCUT2D eigenvalue weighted by molar-refractivity contribution is 7.07. The molecule has 0 aliphatic carbocycles. The SMILES string of the molecule is CC(C)NC(=O)c1cnc(N(C)C)nc1C1CCN(Cc2ccsc2)C1. The van der Waals surface area contributed by atoms with Crippen molar-refractivity contribution in [3.63, 3.8) is 0 Å². The normalized spacial score (nSPS) is 17.7. The fourth-order valence-corrected chi connectivity index (χ4v) is 3.93. The van der Waals surface area contributed by atoms with Crippen molar-refractivity contribution in [1.82, 2.24) is 20.2 Å². The van der Waals surface area contributed by atoms with Crippen LogP contribution in [0.2, 0.25) is 0 Å². The Morgan fingerprint density at radius 2 is 2.27 bits per heavy atom. The lowest BCUT2D eigenvalue weighted by molar-refractivity contribution is 0.0940. The van der Waals surface area contributed by atoms with Crippen molar-refractivity contribution < 1.29 is 4.79 Å². The van der Waals surface area contributed by atoms with Gasteiger partial charge in [-0.05, 0) is 49.2 Å². The summed E-state index contributed by atoms with van der Waals surface area (Å²) in [4.78, 5) is 26.1. The second-order valence-electron chi connectivity index (χ2n) is 7.34. The second kappa shape index (κ2) is 8.14. The molecule has 0 spiro atoms. The van der Waals surface area contributed by atoms with Crippen LogP contribution in [-0.4, -0.2) is 54.0 Å². The van der Waals surface area contributed by atoms with Crippen LogP contribution >= 0.6 is 11.3 Å². The molecule has 0 saturated carbocycles. The molecule has 1 aliphatic rings. The van der Waals surface area contributed by atoms with Crippen LogP contribution in [0.5, 0.6) is 0 Å². The highest BCUT2D eigenvalue weighted by Crippen LogP contribution is 2.30. The van der Waals surface area contributed by atoms with Gasteiger partial charge in [0.15, 0.2) is 0 Å². The topological polar surface area (TPSA) is 61.4 Å². The van der Waals surface area contributed by atoms with E-state index < -0.39 is 0 Å². The first-order valence-electron chi connectivity index (χ1n) is 9.02. The minimum atomic E-state index is -0.0865. The van der Waals surface area contributed by atoms with Gasteiger partial charge >= 0.3 is 0 Å². The van der Waals surface area contributed by atoms with Crippen molar-refractivity contribution in [2.75, 3.05) is 32.1 Å². The van der Waals surface area contributed by atoms with Crippen molar-refractivity contribution in [3.8, 4) is 0 Å². The summed E-state index contributed by atoms with van der Waals surface area (Å²) in [5.41, 5.74) is 2.83. The summed E-state index contributed by atoms with van der Waals surface area (Å²) in [5.74, 6) is 0.817. The second-order valence-corrected chi connectivity index (χ2v) is 8.12. The lowest BCUT2D eigenvalue weighted by Crippen LogP contribution is -2.32. The maximum atomic E-state index is 12.6. The number of carbonyl (C=O) groups is 1. The molecular weight excluding hydrogens is 346 g/mol. The largest absolute Gasteiger partial charge is 0.350 e. The summed E-state index contributed by atoms with van der Waals surface area (Å²) in [7, 11) is 3.84. The fraction of sp³-hybridized carbons (Fsp3) is 0.526. The van der Waals surface area contributed by atoms with Crippen LogP contribution in [0.3, 0.4) is 0 Å². The van der Waals surface area contributed by atoms with Gasteiger partial charge in [0.2, 0.25) is 5.95 Å². The summed E-state index contributed by atoms with van der Waals surface area (Å²) < 4.78 is 0. The lowest BCUT2D eigenvalue weighted by atomic mass is 9.99. The molecule has 140 valence electrons. The van der Waals surface area contributed by atoms with E-state index in [1.165, 1.54) is 5.56 Å². The standard InChI is InChI=1S/C19H27N5OS/c1-13(2)21-18(25)16-9-20-19(23(3)4)22-17(16)15-5-7-24(11-15)10-14-6-8-26-12-14/h6,8-9,12-13,15H,5,7,10-11H2,1-4H3,(H,21,25). The van der Waals surface area contributed by atoms with Crippen molar-refractivity contribution in [1.29, 1.82) is 0 Å². The van der Waals surface area contributed by atoms with Crippen LogP contribution in [0.15, 0.2) is 23.0 Å². The summed E-state index contributed by atoms with van der Waals surface area (Å²) in [5, 5.41) is 7.29. The molecule has 0 radical (unpaired) electrons. The summed E-state index contributed by atoms with van der Waals surface area (Å²) in [6.45, 7) is 6.82. The number of aromatic nitrogens is 2. The Balaban J connectivity index is 1.82. The third-order valence-corrected chi connectivity index (χ3v) is 5.25. The zero-order valence-corrected chi connectivity index (χ0v) is 16.7. The van der Waals surface area contributed by atoms with Gasteiger partial charge in [0.05, 0.1) is 11.3 Å². The number of anilines is 1. The molecule has 2 aromatic heterocycles. The quantitative estimate of drug-likeness (QED) is 0.844. The van der Waals surface area contributed by atoms with Gasteiger partial charge in [0.25, 0.3) is 5.91 Å². The molecule has 2 aromatic rings. The first-order valence-corrected chi connectivity index (χ1v) is 9.97. The number of hydrogen-bond donors (Lipinski definition) is 1. The number of likely N-dealkylation sites (tertiary alicyclic amines) is 1. The van der Waals surface area contributed by atoms with Crippen LogP contribution in [0, 0.1) is 0 Å². The monoisotopic (exact) mass is 373 g/mol. The minimum Gasteiger partial charge on any atom is -0.350 e. The molecule has 1 amide bonds. The smallest absolute Gasteiger partial charge is 0.254 e. The van der Waals surface area contributed by atoms with Gasteiger partial charge < -0.3 is 10.2 Å². The maximum Gasteiger partial charge on any atom is 0.254 e. The molecular formula is C19H27N5OS. The van der Waals surface area contributed by atoms with E-state index in [1.54, 1.807) is 17.5 Å². The summed E-state index contributed by atoms with van der Waals surface area (Å²) in [6, 6.07) is 2.26. The Morgan fingerprint density at radius 1 is 1.46 bits per heavy atom. The number of rotatable bonds is 6. The molecule has 1 atom stereocenters. The van der Waals surface area contributed by atoms with E-state index in [9.17, 15) is 4.79 Å².